The summed E-state index contributed by atoms with van der Waals surface area (Å²) in [6.07, 6.45) is 9.97. The fourth-order valence-electron chi connectivity index (χ4n) is 2.04. The highest BCUT2D eigenvalue weighted by molar-refractivity contribution is 5.78. The molecular formula is C18H20N4O4+2. The largest absolute Gasteiger partial charge is 0.411 e. The molecule has 0 spiro atoms. The summed E-state index contributed by atoms with van der Waals surface area (Å²) in [6.45, 7) is 1.25. The fourth-order valence-corrected chi connectivity index (χ4v) is 2.04. The first-order valence-corrected chi connectivity index (χ1v) is 7.76. The van der Waals surface area contributed by atoms with Gasteiger partial charge in [-0.2, -0.15) is 9.13 Å². The molecule has 0 bridgehead atoms. The van der Waals surface area contributed by atoms with Gasteiger partial charge in [0.2, 0.25) is 0 Å². The maximum absolute atomic E-state index is 8.52. The summed E-state index contributed by atoms with van der Waals surface area (Å²) in [4.78, 5) is 0. The first-order chi connectivity index (χ1) is 12.8. The smallest absolute Gasteiger partial charge is 0.253 e. The Balaban J connectivity index is 1.65. The Hall–Kier alpha value is -3.28. The summed E-state index contributed by atoms with van der Waals surface area (Å²) in [5, 5.41) is 23.0. The van der Waals surface area contributed by atoms with Crippen LogP contribution in [0.1, 0.15) is 11.1 Å². The molecule has 0 aromatic carbocycles. The normalized spacial score (nSPS) is 10.9. The van der Waals surface area contributed by atoms with Crippen molar-refractivity contribution in [1.29, 1.82) is 0 Å². The molecule has 2 N–H and O–H groups in total. The minimum absolute atomic E-state index is 0.282. The SMILES string of the molecule is O/N=C/c1ccc[n+](COCC#CCOC[n+]2cccc(/C=N/O)c2)c1. The van der Waals surface area contributed by atoms with E-state index in [9.17, 15) is 0 Å². The average Bonchev–Trinajstić information content (AvgIpc) is 2.65. The molecule has 0 aliphatic heterocycles. The van der Waals surface area contributed by atoms with Gasteiger partial charge >= 0.3 is 0 Å². The van der Waals surface area contributed by atoms with Crippen molar-refractivity contribution in [2.45, 2.75) is 13.5 Å². The topological polar surface area (TPSA) is 91.4 Å². The highest BCUT2D eigenvalue weighted by atomic mass is 16.5. The first kappa shape index (κ1) is 19.1. The van der Waals surface area contributed by atoms with Crippen LogP contribution in [0.3, 0.4) is 0 Å². The highest BCUT2D eigenvalue weighted by Gasteiger charge is 2.01. The number of oxime groups is 2. The zero-order valence-corrected chi connectivity index (χ0v) is 14.1. The molecule has 0 saturated carbocycles. The second-order valence-corrected chi connectivity index (χ2v) is 5.10. The number of aromatic nitrogens is 2. The third-order valence-electron chi connectivity index (χ3n) is 3.13. The van der Waals surface area contributed by atoms with Crippen LogP contribution in [0, 0.1) is 11.8 Å². The molecule has 0 aliphatic carbocycles. The molecule has 8 heteroatoms. The number of hydrogen-bond donors (Lipinski definition) is 2. The number of hydrogen-bond acceptors (Lipinski definition) is 6. The third-order valence-corrected chi connectivity index (χ3v) is 3.13. The quantitative estimate of drug-likeness (QED) is 0.180. The molecule has 134 valence electrons. The number of rotatable bonds is 8. The van der Waals surface area contributed by atoms with Gasteiger partial charge in [-0.15, -0.1) is 0 Å². The van der Waals surface area contributed by atoms with Gasteiger partial charge in [-0.1, -0.05) is 22.2 Å². The molecule has 2 heterocycles. The van der Waals surface area contributed by atoms with Crippen LogP contribution in [0.2, 0.25) is 0 Å². The molecule has 2 aromatic heterocycles. The van der Waals surface area contributed by atoms with Crippen molar-refractivity contribution >= 4 is 12.4 Å². The Kier molecular flexibility index (Phi) is 8.28. The van der Waals surface area contributed by atoms with Gasteiger partial charge < -0.3 is 19.9 Å². The molecule has 0 unspecified atom stereocenters. The minimum atomic E-state index is 0.282. The van der Waals surface area contributed by atoms with E-state index < -0.39 is 0 Å². The predicted octanol–water partition coefficient (Wildman–Crippen LogP) is 0.530. The maximum atomic E-state index is 8.52. The summed E-state index contributed by atoms with van der Waals surface area (Å²) in [5.74, 6) is 5.75. The van der Waals surface area contributed by atoms with Crippen LogP contribution in [-0.2, 0) is 22.9 Å². The number of pyridine rings is 2. The summed E-state index contributed by atoms with van der Waals surface area (Å²) in [5.41, 5.74) is 1.54. The third kappa shape index (κ3) is 7.09. The van der Waals surface area contributed by atoms with Gasteiger partial charge in [0.1, 0.15) is 13.2 Å². The van der Waals surface area contributed by atoms with Crippen LogP contribution < -0.4 is 9.13 Å². The van der Waals surface area contributed by atoms with E-state index in [4.69, 9.17) is 19.9 Å². The van der Waals surface area contributed by atoms with Crippen molar-refractivity contribution in [1.82, 2.24) is 0 Å². The number of nitrogens with zero attached hydrogens (tertiary/aromatic N) is 4. The lowest BCUT2D eigenvalue weighted by Crippen LogP contribution is -2.35. The highest BCUT2D eigenvalue weighted by Crippen LogP contribution is 1.90. The van der Waals surface area contributed by atoms with E-state index in [1.54, 1.807) is 12.4 Å². The van der Waals surface area contributed by atoms with E-state index in [0.29, 0.717) is 13.5 Å². The predicted molar refractivity (Wildman–Crippen MR) is 91.7 cm³/mol. The van der Waals surface area contributed by atoms with Gasteiger partial charge in [0.25, 0.3) is 13.5 Å². The summed E-state index contributed by atoms with van der Waals surface area (Å²) in [6, 6.07) is 7.30. The van der Waals surface area contributed by atoms with Crippen molar-refractivity contribution < 1.29 is 29.0 Å². The second-order valence-electron chi connectivity index (χ2n) is 5.10. The molecular weight excluding hydrogens is 336 g/mol. The Labute approximate surface area is 151 Å². The van der Waals surface area contributed by atoms with Crippen molar-refractivity contribution in [3.8, 4) is 11.8 Å². The average molecular weight is 356 g/mol. The molecule has 2 rings (SSSR count). The Morgan fingerprint density at radius 3 is 1.73 bits per heavy atom. The number of ether oxygens (including phenoxy) is 2. The zero-order chi connectivity index (χ0) is 18.5. The molecule has 0 amide bonds. The Morgan fingerprint density at radius 2 is 1.31 bits per heavy atom. The van der Waals surface area contributed by atoms with E-state index in [1.807, 2.05) is 45.8 Å². The molecule has 0 radical (unpaired) electrons. The molecule has 0 saturated heterocycles. The van der Waals surface area contributed by atoms with Crippen LogP contribution in [0.4, 0.5) is 0 Å². The van der Waals surface area contributed by atoms with Gasteiger partial charge in [0, 0.05) is 12.1 Å². The molecule has 26 heavy (non-hydrogen) atoms. The van der Waals surface area contributed by atoms with Gasteiger partial charge in [0.05, 0.1) is 23.6 Å². The van der Waals surface area contributed by atoms with Crippen LogP contribution in [0.25, 0.3) is 0 Å². The Morgan fingerprint density at radius 1 is 0.846 bits per heavy atom. The lowest BCUT2D eigenvalue weighted by atomic mass is 10.3. The van der Waals surface area contributed by atoms with Crippen LogP contribution in [-0.4, -0.2) is 36.1 Å². The maximum Gasteiger partial charge on any atom is 0.253 e. The fraction of sp³-hybridized carbons (Fsp3) is 0.222. The minimum Gasteiger partial charge on any atom is -0.411 e. The van der Waals surface area contributed by atoms with E-state index in [2.05, 4.69) is 22.2 Å². The van der Waals surface area contributed by atoms with Gasteiger partial charge in [-0.3, -0.25) is 0 Å². The second kappa shape index (κ2) is 11.3. The van der Waals surface area contributed by atoms with Gasteiger partial charge in [0.15, 0.2) is 24.8 Å². The first-order valence-electron chi connectivity index (χ1n) is 7.76. The van der Waals surface area contributed by atoms with Crippen LogP contribution in [0.15, 0.2) is 59.4 Å². The Bertz CT molecular complexity index is 747. The van der Waals surface area contributed by atoms with E-state index in [1.165, 1.54) is 12.4 Å². The summed E-state index contributed by atoms with van der Waals surface area (Å²) >= 11 is 0. The van der Waals surface area contributed by atoms with Crippen LogP contribution >= 0.6 is 0 Å². The van der Waals surface area contributed by atoms with E-state index in [0.717, 1.165) is 11.1 Å². The van der Waals surface area contributed by atoms with Crippen molar-refractivity contribution in [2.24, 2.45) is 10.3 Å². The van der Waals surface area contributed by atoms with Gasteiger partial charge in [-0.05, 0) is 12.1 Å². The lowest BCUT2D eigenvalue weighted by Gasteiger charge is -1.97. The monoisotopic (exact) mass is 356 g/mol. The molecule has 0 aliphatic rings. The van der Waals surface area contributed by atoms with Crippen LogP contribution in [0.5, 0.6) is 0 Å². The zero-order valence-electron chi connectivity index (χ0n) is 14.1. The lowest BCUT2D eigenvalue weighted by molar-refractivity contribution is -0.732. The van der Waals surface area contributed by atoms with E-state index >= 15 is 0 Å². The van der Waals surface area contributed by atoms with E-state index in [-0.39, 0.29) is 13.2 Å². The van der Waals surface area contributed by atoms with Crippen molar-refractivity contribution in [3.63, 3.8) is 0 Å². The molecule has 8 nitrogen and oxygen atoms in total. The van der Waals surface area contributed by atoms with Crippen molar-refractivity contribution in [2.75, 3.05) is 13.2 Å². The summed E-state index contributed by atoms with van der Waals surface area (Å²) in [7, 11) is 0. The molecule has 0 atom stereocenters. The van der Waals surface area contributed by atoms with Crippen molar-refractivity contribution in [3.05, 3.63) is 60.2 Å². The van der Waals surface area contributed by atoms with Gasteiger partial charge in [-0.25, -0.2) is 0 Å². The standard InChI is InChI=1S/C18H18N4O4/c23-19-11-17-5-3-7-21(13-17)15-25-9-1-2-10-26-16-22-8-4-6-18(14-22)12-20-24/h3-8,11-14H,9-10,15-16H2/p+2/b19-11+,20-12+. The molecule has 0 fully saturated rings. The summed E-state index contributed by atoms with van der Waals surface area (Å²) < 4.78 is 14.5. The molecule has 2 aromatic rings.